The minimum atomic E-state index is -0.133. The molecule has 4 aromatic rings. The molecular formula is C19H21N7OS. The predicted molar refractivity (Wildman–Crippen MR) is 110 cm³/mol. The minimum Gasteiger partial charge on any atom is -0.323 e. The number of benzene rings is 1. The summed E-state index contributed by atoms with van der Waals surface area (Å²) in [6.07, 6.45) is 0. The molecule has 0 aliphatic heterocycles. The lowest BCUT2D eigenvalue weighted by molar-refractivity contribution is 0.559. The molecule has 0 saturated carbocycles. The Morgan fingerprint density at radius 3 is 2.57 bits per heavy atom. The Balaban J connectivity index is 1.69. The van der Waals surface area contributed by atoms with Gasteiger partial charge < -0.3 is 5.32 Å². The number of aromatic amines is 3. The Morgan fingerprint density at radius 1 is 1.04 bits per heavy atom. The molecule has 0 aliphatic rings. The van der Waals surface area contributed by atoms with Crippen LogP contribution in [0.3, 0.4) is 0 Å². The van der Waals surface area contributed by atoms with Gasteiger partial charge >= 0.3 is 0 Å². The number of anilines is 2. The lowest BCUT2D eigenvalue weighted by Crippen LogP contribution is -2.15. The average molecular weight is 395 g/mol. The minimum absolute atomic E-state index is 0.127. The van der Waals surface area contributed by atoms with Crippen LogP contribution >= 0.6 is 11.8 Å². The van der Waals surface area contributed by atoms with Crippen molar-refractivity contribution in [2.75, 3.05) is 5.32 Å². The van der Waals surface area contributed by atoms with Crippen molar-refractivity contribution in [3.8, 4) is 0 Å². The van der Waals surface area contributed by atoms with Crippen molar-refractivity contribution in [1.29, 1.82) is 0 Å². The van der Waals surface area contributed by atoms with Crippen LogP contribution in [0, 0.1) is 6.92 Å². The third-order valence-corrected chi connectivity index (χ3v) is 5.05. The van der Waals surface area contributed by atoms with E-state index in [0.717, 1.165) is 21.8 Å². The quantitative estimate of drug-likeness (QED) is 0.390. The third-order valence-electron chi connectivity index (χ3n) is 4.19. The summed E-state index contributed by atoms with van der Waals surface area (Å²) in [5, 5.41) is 17.1. The first-order chi connectivity index (χ1) is 13.3. The van der Waals surface area contributed by atoms with Gasteiger partial charge in [0, 0.05) is 28.1 Å². The summed E-state index contributed by atoms with van der Waals surface area (Å²) in [6.45, 7) is 8.29. The summed E-state index contributed by atoms with van der Waals surface area (Å²) in [7, 11) is 0. The van der Waals surface area contributed by atoms with Crippen LogP contribution in [0.2, 0.25) is 0 Å². The molecule has 9 heteroatoms. The van der Waals surface area contributed by atoms with E-state index in [9.17, 15) is 4.79 Å². The summed E-state index contributed by atoms with van der Waals surface area (Å²) >= 11 is 1.45. The Hall–Kier alpha value is -3.07. The van der Waals surface area contributed by atoms with Crippen molar-refractivity contribution < 1.29 is 0 Å². The first kappa shape index (κ1) is 18.3. The number of aromatic nitrogens is 6. The predicted octanol–water partition coefficient (Wildman–Crippen LogP) is 3.87. The number of aryl methyl sites for hydroxylation is 1. The second-order valence-electron chi connectivity index (χ2n) is 7.62. The Bertz CT molecular complexity index is 1200. The molecule has 3 aromatic heterocycles. The maximum atomic E-state index is 11.7. The first-order valence-electron chi connectivity index (χ1n) is 8.85. The molecule has 1 aromatic carbocycles. The van der Waals surface area contributed by atoms with Crippen LogP contribution in [0.4, 0.5) is 11.6 Å². The van der Waals surface area contributed by atoms with Crippen LogP contribution in [0.15, 0.2) is 45.2 Å². The molecule has 0 fully saturated rings. The summed E-state index contributed by atoms with van der Waals surface area (Å²) in [5.74, 6) is 1.39. The van der Waals surface area contributed by atoms with Gasteiger partial charge in [0.2, 0.25) is 0 Å². The normalized spacial score (nSPS) is 11.9. The zero-order chi connectivity index (χ0) is 19.9. The molecule has 0 atom stereocenters. The molecule has 0 saturated heterocycles. The van der Waals surface area contributed by atoms with Crippen molar-refractivity contribution in [2.24, 2.45) is 0 Å². The monoisotopic (exact) mass is 395 g/mol. The van der Waals surface area contributed by atoms with E-state index >= 15 is 0 Å². The molecule has 144 valence electrons. The van der Waals surface area contributed by atoms with Gasteiger partial charge in [-0.05, 0) is 36.9 Å². The largest absolute Gasteiger partial charge is 0.323 e. The Morgan fingerprint density at radius 2 is 1.86 bits per heavy atom. The van der Waals surface area contributed by atoms with E-state index in [4.69, 9.17) is 4.98 Å². The topological polar surface area (TPSA) is 115 Å². The summed E-state index contributed by atoms with van der Waals surface area (Å²) in [4.78, 5) is 22.0. The fraction of sp³-hybridized carbons (Fsp3) is 0.263. The third kappa shape index (κ3) is 3.79. The highest BCUT2D eigenvalue weighted by atomic mass is 32.2. The molecule has 0 spiro atoms. The SMILES string of the molecule is Cc1cc(Nc2cc(C(C)(C)C)nc(Sc3ccc4c(=O)[nH][nH]c4c3)n2)n[nH]1. The zero-order valence-electron chi connectivity index (χ0n) is 16.0. The number of hydrogen-bond donors (Lipinski definition) is 4. The smallest absolute Gasteiger partial charge is 0.271 e. The molecule has 4 rings (SSSR count). The van der Waals surface area contributed by atoms with Gasteiger partial charge in [-0.15, -0.1) is 0 Å². The van der Waals surface area contributed by atoms with E-state index in [-0.39, 0.29) is 11.0 Å². The molecule has 0 bridgehead atoms. The van der Waals surface area contributed by atoms with Gasteiger partial charge in [-0.1, -0.05) is 20.8 Å². The van der Waals surface area contributed by atoms with Crippen LogP contribution in [-0.4, -0.2) is 30.4 Å². The van der Waals surface area contributed by atoms with Gasteiger partial charge in [0.25, 0.3) is 5.56 Å². The van der Waals surface area contributed by atoms with Crippen LogP contribution in [0.5, 0.6) is 0 Å². The zero-order valence-corrected chi connectivity index (χ0v) is 16.9. The number of rotatable bonds is 4. The van der Waals surface area contributed by atoms with Gasteiger partial charge in [-0.2, -0.15) is 5.10 Å². The van der Waals surface area contributed by atoms with Crippen molar-refractivity contribution in [2.45, 2.75) is 43.2 Å². The molecule has 0 aliphatic carbocycles. The Labute approximate surface area is 165 Å². The fourth-order valence-corrected chi connectivity index (χ4v) is 3.53. The molecule has 3 heterocycles. The summed E-state index contributed by atoms with van der Waals surface area (Å²) < 4.78 is 0. The van der Waals surface area contributed by atoms with Crippen molar-refractivity contribution in [1.82, 2.24) is 30.4 Å². The lowest BCUT2D eigenvalue weighted by atomic mass is 9.92. The number of hydrogen-bond acceptors (Lipinski definition) is 6. The maximum Gasteiger partial charge on any atom is 0.271 e. The van der Waals surface area contributed by atoms with Crippen LogP contribution < -0.4 is 10.9 Å². The second kappa shape index (κ2) is 6.83. The van der Waals surface area contributed by atoms with Gasteiger partial charge in [0.05, 0.1) is 16.6 Å². The van der Waals surface area contributed by atoms with Crippen molar-refractivity contribution in [3.05, 3.63) is 52.1 Å². The van der Waals surface area contributed by atoms with Crippen LogP contribution in [0.25, 0.3) is 10.9 Å². The van der Waals surface area contributed by atoms with Gasteiger partial charge in [0.1, 0.15) is 5.82 Å². The van der Waals surface area contributed by atoms with Gasteiger partial charge in [-0.3, -0.25) is 20.1 Å². The van der Waals surface area contributed by atoms with Crippen molar-refractivity contribution >= 4 is 34.3 Å². The molecule has 0 unspecified atom stereocenters. The number of nitrogens with zero attached hydrogens (tertiary/aromatic N) is 3. The van der Waals surface area contributed by atoms with Gasteiger partial charge in [-0.25, -0.2) is 9.97 Å². The van der Waals surface area contributed by atoms with Crippen LogP contribution in [-0.2, 0) is 5.41 Å². The highest BCUT2D eigenvalue weighted by Gasteiger charge is 2.19. The lowest BCUT2D eigenvalue weighted by Gasteiger charge is -2.19. The molecule has 0 radical (unpaired) electrons. The van der Waals surface area contributed by atoms with Crippen molar-refractivity contribution in [3.63, 3.8) is 0 Å². The second-order valence-corrected chi connectivity index (χ2v) is 8.66. The molecule has 4 N–H and O–H groups in total. The first-order valence-corrected chi connectivity index (χ1v) is 9.66. The van der Waals surface area contributed by atoms with E-state index < -0.39 is 0 Å². The average Bonchev–Trinajstić information content (AvgIpc) is 3.19. The standard InChI is InChI=1S/C19H21N7OS/c1-10-7-16(25-23-10)21-15-9-14(19(2,3)4)20-18(22-15)28-11-5-6-12-13(8-11)24-26-17(12)27/h5-9H,1-4H3,(H2,24,26,27)(H2,20,21,22,23,25). The van der Waals surface area contributed by atoms with E-state index in [2.05, 4.69) is 51.5 Å². The molecule has 28 heavy (non-hydrogen) atoms. The van der Waals surface area contributed by atoms with E-state index in [1.54, 1.807) is 6.07 Å². The summed E-state index contributed by atoms with van der Waals surface area (Å²) in [6, 6.07) is 9.47. The highest BCUT2D eigenvalue weighted by Crippen LogP contribution is 2.31. The molecular weight excluding hydrogens is 374 g/mol. The summed E-state index contributed by atoms with van der Waals surface area (Å²) in [5.41, 5.74) is 2.39. The highest BCUT2D eigenvalue weighted by molar-refractivity contribution is 7.99. The maximum absolute atomic E-state index is 11.7. The van der Waals surface area contributed by atoms with Crippen LogP contribution in [0.1, 0.15) is 32.2 Å². The van der Waals surface area contributed by atoms with E-state index in [1.165, 1.54) is 11.8 Å². The fourth-order valence-electron chi connectivity index (χ4n) is 2.72. The number of H-pyrrole nitrogens is 3. The van der Waals surface area contributed by atoms with Gasteiger partial charge in [0.15, 0.2) is 11.0 Å². The molecule has 8 nitrogen and oxygen atoms in total. The molecule has 0 amide bonds. The Kier molecular flexibility index (Phi) is 4.46. The van der Waals surface area contributed by atoms with E-state index in [1.807, 2.05) is 31.2 Å². The number of fused-ring (bicyclic) bond motifs is 1. The number of nitrogens with one attached hydrogen (secondary N) is 4. The van der Waals surface area contributed by atoms with E-state index in [0.29, 0.717) is 22.2 Å².